The summed E-state index contributed by atoms with van der Waals surface area (Å²) in [5.74, 6) is -2.49. The number of halogens is 3. The standard InChI is InChI=1S/C6H7F3O3/c1-11-5(12-2)3-4(10)6(7,8)9/h3H,1-2H3. The van der Waals surface area contributed by atoms with Crippen LogP contribution in [0.3, 0.4) is 0 Å². The Morgan fingerprint density at radius 1 is 1.25 bits per heavy atom. The maximum Gasteiger partial charge on any atom is 0.454 e. The van der Waals surface area contributed by atoms with Crippen LogP contribution in [0.1, 0.15) is 0 Å². The van der Waals surface area contributed by atoms with Gasteiger partial charge in [-0.1, -0.05) is 0 Å². The summed E-state index contributed by atoms with van der Waals surface area (Å²) in [6, 6.07) is 0. The van der Waals surface area contributed by atoms with Crippen molar-refractivity contribution >= 4 is 5.78 Å². The van der Waals surface area contributed by atoms with Crippen LogP contribution in [-0.4, -0.2) is 26.2 Å². The fourth-order valence-corrected chi connectivity index (χ4v) is 0.390. The summed E-state index contributed by atoms with van der Waals surface area (Å²) in [7, 11) is 2.19. The lowest BCUT2D eigenvalue weighted by atomic mass is 10.4. The minimum absolute atomic E-state index is 0.236. The highest BCUT2D eigenvalue weighted by atomic mass is 19.4. The number of carbonyl (C=O) groups is 1. The van der Waals surface area contributed by atoms with Crippen molar-refractivity contribution in [1.29, 1.82) is 0 Å². The molecule has 0 saturated heterocycles. The number of methoxy groups -OCH3 is 2. The Morgan fingerprint density at radius 2 is 1.67 bits per heavy atom. The number of rotatable bonds is 3. The minimum Gasteiger partial charge on any atom is -0.469 e. The van der Waals surface area contributed by atoms with Crippen LogP contribution < -0.4 is 0 Å². The fraction of sp³-hybridized carbons (Fsp3) is 0.500. The molecule has 12 heavy (non-hydrogen) atoms. The van der Waals surface area contributed by atoms with E-state index < -0.39 is 17.9 Å². The molecule has 0 bridgehead atoms. The summed E-state index contributed by atoms with van der Waals surface area (Å²) in [5.41, 5.74) is 0. The molecule has 3 nitrogen and oxygen atoms in total. The summed E-state index contributed by atoms with van der Waals surface area (Å²) in [6.45, 7) is 0. The zero-order valence-electron chi connectivity index (χ0n) is 6.44. The number of ketones is 1. The number of ether oxygens (including phenoxy) is 2. The Kier molecular flexibility index (Phi) is 3.59. The molecule has 0 aromatic rings. The second-order valence-electron chi connectivity index (χ2n) is 1.73. The molecule has 0 aliphatic rings. The molecule has 70 valence electrons. The van der Waals surface area contributed by atoms with Crippen LogP contribution in [0.2, 0.25) is 0 Å². The van der Waals surface area contributed by atoms with Crippen LogP contribution in [0.15, 0.2) is 12.0 Å². The predicted molar refractivity (Wildman–Crippen MR) is 33.2 cm³/mol. The SMILES string of the molecule is COC(=CC(=O)C(F)(F)F)OC. The number of hydrogen-bond acceptors (Lipinski definition) is 3. The van der Waals surface area contributed by atoms with Gasteiger partial charge in [0.15, 0.2) is 0 Å². The highest BCUT2D eigenvalue weighted by molar-refractivity contribution is 5.94. The highest BCUT2D eigenvalue weighted by Gasteiger charge is 2.37. The third-order valence-electron chi connectivity index (χ3n) is 0.931. The molecular formula is C6H7F3O3. The molecule has 0 unspecified atom stereocenters. The largest absolute Gasteiger partial charge is 0.469 e. The normalized spacial score (nSPS) is 10.4. The van der Waals surface area contributed by atoms with Crippen molar-refractivity contribution < 1.29 is 27.4 Å². The molecule has 0 aromatic carbocycles. The molecule has 0 radical (unpaired) electrons. The van der Waals surface area contributed by atoms with E-state index in [1.54, 1.807) is 0 Å². The van der Waals surface area contributed by atoms with Crippen molar-refractivity contribution in [1.82, 2.24) is 0 Å². The lowest BCUT2D eigenvalue weighted by Crippen LogP contribution is -2.20. The Balaban J connectivity index is 4.42. The van der Waals surface area contributed by atoms with E-state index in [-0.39, 0.29) is 6.08 Å². The number of carbonyl (C=O) groups excluding carboxylic acids is 1. The number of allylic oxidation sites excluding steroid dienone is 1. The number of hydrogen-bond donors (Lipinski definition) is 0. The van der Waals surface area contributed by atoms with E-state index in [1.165, 1.54) is 0 Å². The quantitative estimate of drug-likeness (QED) is 0.489. The molecule has 0 atom stereocenters. The van der Waals surface area contributed by atoms with Crippen molar-refractivity contribution in [2.45, 2.75) is 6.18 Å². The monoisotopic (exact) mass is 184 g/mol. The molecule has 0 aliphatic heterocycles. The number of alkyl halides is 3. The van der Waals surface area contributed by atoms with Crippen LogP contribution >= 0.6 is 0 Å². The Morgan fingerprint density at radius 3 is 1.92 bits per heavy atom. The molecule has 0 aromatic heterocycles. The molecule has 0 spiro atoms. The first-order valence-electron chi connectivity index (χ1n) is 2.82. The molecule has 0 fully saturated rings. The Labute approximate surface area is 66.8 Å². The van der Waals surface area contributed by atoms with Crippen molar-refractivity contribution in [2.75, 3.05) is 14.2 Å². The van der Waals surface area contributed by atoms with E-state index in [4.69, 9.17) is 0 Å². The summed E-state index contributed by atoms with van der Waals surface area (Å²) in [4.78, 5) is 10.2. The molecule has 0 amide bonds. The fourth-order valence-electron chi connectivity index (χ4n) is 0.390. The maximum atomic E-state index is 11.6. The van der Waals surface area contributed by atoms with Gasteiger partial charge < -0.3 is 9.47 Å². The highest BCUT2D eigenvalue weighted by Crippen LogP contribution is 2.17. The first-order valence-corrected chi connectivity index (χ1v) is 2.82. The Hall–Kier alpha value is -1.20. The molecular weight excluding hydrogens is 177 g/mol. The van der Waals surface area contributed by atoms with Crippen LogP contribution in [0, 0.1) is 0 Å². The summed E-state index contributed by atoms with van der Waals surface area (Å²) < 4.78 is 43.3. The smallest absolute Gasteiger partial charge is 0.454 e. The second kappa shape index (κ2) is 3.99. The van der Waals surface area contributed by atoms with E-state index in [9.17, 15) is 18.0 Å². The van der Waals surface area contributed by atoms with Gasteiger partial charge in [-0.2, -0.15) is 13.2 Å². The molecule has 0 N–H and O–H groups in total. The van der Waals surface area contributed by atoms with Gasteiger partial charge in [0.2, 0.25) is 0 Å². The van der Waals surface area contributed by atoms with Crippen molar-refractivity contribution in [3.05, 3.63) is 12.0 Å². The zero-order valence-corrected chi connectivity index (χ0v) is 6.44. The van der Waals surface area contributed by atoms with E-state index in [0.29, 0.717) is 0 Å². The van der Waals surface area contributed by atoms with E-state index in [2.05, 4.69) is 9.47 Å². The lowest BCUT2D eigenvalue weighted by molar-refractivity contribution is -0.165. The van der Waals surface area contributed by atoms with Crippen LogP contribution in [0.4, 0.5) is 13.2 Å². The summed E-state index contributed by atoms with van der Waals surface area (Å²) >= 11 is 0. The second-order valence-corrected chi connectivity index (χ2v) is 1.73. The van der Waals surface area contributed by atoms with Gasteiger partial charge in [0.25, 0.3) is 11.7 Å². The zero-order chi connectivity index (χ0) is 9.78. The lowest BCUT2D eigenvalue weighted by Gasteiger charge is -2.04. The predicted octanol–water partition coefficient (Wildman–Crippen LogP) is 1.25. The van der Waals surface area contributed by atoms with E-state index >= 15 is 0 Å². The van der Waals surface area contributed by atoms with Gasteiger partial charge in [0.05, 0.1) is 20.3 Å². The topological polar surface area (TPSA) is 35.5 Å². The Bertz CT molecular complexity index is 189. The first kappa shape index (κ1) is 10.8. The van der Waals surface area contributed by atoms with Gasteiger partial charge in [-0.3, -0.25) is 4.79 Å². The van der Waals surface area contributed by atoms with Gasteiger partial charge in [-0.15, -0.1) is 0 Å². The van der Waals surface area contributed by atoms with Gasteiger partial charge in [0, 0.05) is 0 Å². The van der Waals surface area contributed by atoms with Crippen LogP contribution in [0.5, 0.6) is 0 Å². The van der Waals surface area contributed by atoms with E-state index in [0.717, 1.165) is 14.2 Å². The maximum absolute atomic E-state index is 11.6. The van der Waals surface area contributed by atoms with Gasteiger partial charge in [-0.05, 0) is 0 Å². The minimum atomic E-state index is -4.89. The summed E-state index contributed by atoms with van der Waals surface area (Å²) in [6.07, 6.45) is -4.65. The van der Waals surface area contributed by atoms with Crippen molar-refractivity contribution in [3.8, 4) is 0 Å². The molecule has 0 aliphatic carbocycles. The first-order chi connectivity index (χ1) is 5.41. The molecule has 0 saturated carbocycles. The summed E-state index contributed by atoms with van der Waals surface area (Å²) in [5, 5.41) is 0. The van der Waals surface area contributed by atoms with Gasteiger partial charge in [-0.25, -0.2) is 0 Å². The van der Waals surface area contributed by atoms with Crippen molar-refractivity contribution in [3.63, 3.8) is 0 Å². The van der Waals surface area contributed by atoms with E-state index in [1.807, 2.05) is 0 Å². The molecule has 6 heteroatoms. The molecule has 0 heterocycles. The third-order valence-corrected chi connectivity index (χ3v) is 0.931. The van der Waals surface area contributed by atoms with Crippen LogP contribution in [0.25, 0.3) is 0 Å². The van der Waals surface area contributed by atoms with Gasteiger partial charge in [0.1, 0.15) is 0 Å². The average molecular weight is 184 g/mol. The average Bonchev–Trinajstić information content (AvgIpc) is 1.97. The van der Waals surface area contributed by atoms with Crippen molar-refractivity contribution in [2.24, 2.45) is 0 Å². The van der Waals surface area contributed by atoms with Gasteiger partial charge >= 0.3 is 6.18 Å². The third kappa shape index (κ3) is 3.27. The molecule has 0 rings (SSSR count). The van der Waals surface area contributed by atoms with Crippen LogP contribution in [-0.2, 0) is 14.3 Å².